The Hall–Kier alpha value is -1.61. The van der Waals surface area contributed by atoms with Crippen molar-refractivity contribution in [2.75, 3.05) is 6.54 Å². The highest BCUT2D eigenvalue weighted by Gasteiger charge is 2.13. The second-order valence-electron chi connectivity index (χ2n) is 5.01. The molecule has 0 aliphatic carbocycles. The van der Waals surface area contributed by atoms with Crippen molar-refractivity contribution >= 4 is 0 Å². The zero-order chi connectivity index (χ0) is 13.7. The molecule has 0 aliphatic rings. The Morgan fingerprint density at radius 3 is 2.53 bits per heavy atom. The summed E-state index contributed by atoms with van der Waals surface area (Å²) in [6.07, 6.45) is 4.05. The number of hydrogen-bond acceptors (Lipinski definition) is 2. The van der Waals surface area contributed by atoms with Crippen molar-refractivity contribution in [1.82, 2.24) is 15.1 Å². The molecule has 0 saturated heterocycles. The van der Waals surface area contributed by atoms with Crippen LogP contribution in [0.2, 0.25) is 0 Å². The minimum Gasteiger partial charge on any atom is -0.309 e. The van der Waals surface area contributed by atoms with Crippen LogP contribution in [0.1, 0.15) is 36.2 Å². The summed E-state index contributed by atoms with van der Waals surface area (Å²) in [5, 5.41) is 7.81. The van der Waals surface area contributed by atoms with Gasteiger partial charge in [0.2, 0.25) is 0 Å². The van der Waals surface area contributed by atoms with Gasteiger partial charge in [-0.25, -0.2) is 0 Å². The highest BCUT2D eigenvalue weighted by molar-refractivity contribution is 5.21. The predicted molar refractivity (Wildman–Crippen MR) is 79.1 cm³/mol. The lowest BCUT2D eigenvalue weighted by molar-refractivity contribution is 0.480. The van der Waals surface area contributed by atoms with E-state index >= 15 is 0 Å². The van der Waals surface area contributed by atoms with Crippen molar-refractivity contribution in [3.05, 3.63) is 53.3 Å². The number of aryl methyl sites for hydroxylation is 3. The Balaban J connectivity index is 2.01. The van der Waals surface area contributed by atoms with Gasteiger partial charge in [0.1, 0.15) is 0 Å². The first-order valence-corrected chi connectivity index (χ1v) is 6.97. The molecule has 1 N–H and O–H groups in total. The summed E-state index contributed by atoms with van der Waals surface area (Å²) in [6.45, 7) is 5.25. The molecule has 19 heavy (non-hydrogen) atoms. The normalized spacial score (nSPS) is 12.6. The lowest BCUT2D eigenvalue weighted by Crippen LogP contribution is -2.23. The Morgan fingerprint density at radius 2 is 1.95 bits per heavy atom. The molecule has 0 fully saturated rings. The number of nitrogens with one attached hydrogen (secondary N) is 1. The van der Waals surface area contributed by atoms with Crippen molar-refractivity contribution in [3.8, 4) is 0 Å². The van der Waals surface area contributed by atoms with Crippen LogP contribution < -0.4 is 5.32 Å². The van der Waals surface area contributed by atoms with E-state index in [0.717, 1.165) is 19.4 Å². The third-order valence-electron chi connectivity index (χ3n) is 3.51. The van der Waals surface area contributed by atoms with Crippen molar-refractivity contribution in [1.29, 1.82) is 0 Å². The van der Waals surface area contributed by atoms with E-state index in [-0.39, 0.29) is 0 Å². The molecular weight excluding hydrogens is 234 g/mol. The molecule has 1 atom stereocenters. The van der Waals surface area contributed by atoms with E-state index in [4.69, 9.17) is 0 Å². The summed E-state index contributed by atoms with van der Waals surface area (Å²) in [4.78, 5) is 0. The van der Waals surface area contributed by atoms with E-state index < -0.39 is 0 Å². The molecule has 3 nitrogen and oxygen atoms in total. The number of nitrogens with zero attached hydrogens (tertiary/aromatic N) is 2. The summed E-state index contributed by atoms with van der Waals surface area (Å²) in [7, 11) is 2.01. The molecule has 102 valence electrons. The first-order chi connectivity index (χ1) is 9.20. The predicted octanol–water partition coefficient (Wildman–Crippen LogP) is 3.01. The van der Waals surface area contributed by atoms with E-state index in [1.165, 1.54) is 16.8 Å². The zero-order valence-electron chi connectivity index (χ0n) is 12.1. The van der Waals surface area contributed by atoms with Crippen molar-refractivity contribution in [3.63, 3.8) is 0 Å². The maximum atomic E-state index is 4.26. The number of benzene rings is 1. The maximum absolute atomic E-state index is 4.26. The quantitative estimate of drug-likeness (QED) is 0.862. The third-order valence-corrected chi connectivity index (χ3v) is 3.51. The third kappa shape index (κ3) is 3.67. The number of hydrogen-bond donors (Lipinski definition) is 1. The highest BCUT2D eigenvalue weighted by atomic mass is 15.3. The minimum absolute atomic E-state index is 0.374. The molecule has 1 aromatic heterocycles. The fourth-order valence-corrected chi connectivity index (χ4v) is 2.39. The van der Waals surface area contributed by atoms with Gasteiger partial charge < -0.3 is 5.32 Å². The van der Waals surface area contributed by atoms with Gasteiger partial charge in [-0.15, -0.1) is 0 Å². The van der Waals surface area contributed by atoms with Crippen molar-refractivity contribution in [2.45, 2.75) is 32.7 Å². The fourth-order valence-electron chi connectivity index (χ4n) is 2.39. The van der Waals surface area contributed by atoms with Gasteiger partial charge in [0, 0.05) is 19.3 Å². The standard InChI is InChI=1S/C16H23N3/c1-4-17-15(16-11-12-18-19(16)3)10-9-14-7-5-13(2)6-8-14/h5-8,11-12,15,17H,4,9-10H2,1-3H3. The van der Waals surface area contributed by atoms with Crippen LogP contribution in [0.15, 0.2) is 36.5 Å². The molecule has 1 heterocycles. The van der Waals surface area contributed by atoms with Crippen molar-refractivity contribution < 1.29 is 0 Å². The van der Waals surface area contributed by atoms with E-state index in [9.17, 15) is 0 Å². The van der Waals surface area contributed by atoms with Crippen LogP contribution in [-0.4, -0.2) is 16.3 Å². The summed E-state index contributed by atoms with van der Waals surface area (Å²) < 4.78 is 1.96. The second-order valence-corrected chi connectivity index (χ2v) is 5.01. The average Bonchev–Trinajstić information content (AvgIpc) is 2.83. The molecule has 0 amide bonds. The Bertz CT molecular complexity index is 499. The zero-order valence-corrected chi connectivity index (χ0v) is 12.1. The van der Waals surface area contributed by atoms with E-state index in [1.54, 1.807) is 0 Å². The lowest BCUT2D eigenvalue weighted by atomic mass is 10.0. The van der Waals surface area contributed by atoms with Crippen LogP contribution in [0.4, 0.5) is 0 Å². The van der Waals surface area contributed by atoms with Crippen LogP contribution in [0.25, 0.3) is 0 Å². The topological polar surface area (TPSA) is 29.9 Å². The molecule has 0 aliphatic heterocycles. The first kappa shape index (κ1) is 13.8. The van der Waals surface area contributed by atoms with Crippen LogP contribution >= 0.6 is 0 Å². The van der Waals surface area contributed by atoms with Crippen LogP contribution in [0.3, 0.4) is 0 Å². The average molecular weight is 257 g/mol. The fraction of sp³-hybridized carbons (Fsp3) is 0.438. The first-order valence-electron chi connectivity index (χ1n) is 6.97. The van der Waals surface area contributed by atoms with Gasteiger partial charge >= 0.3 is 0 Å². The van der Waals surface area contributed by atoms with Gasteiger partial charge in [-0.05, 0) is 37.9 Å². The van der Waals surface area contributed by atoms with Crippen LogP contribution in [0.5, 0.6) is 0 Å². The van der Waals surface area contributed by atoms with Gasteiger partial charge in [0.25, 0.3) is 0 Å². The SMILES string of the molecule is CCNC(CCc1ccc(C)cc1)c1ccnn1C. The number of rotatable bonds is 6. The smallest absolute Gasteiger partial charge is 0.0550 e. The summed E-state index contributed by atoms with van der Waals surface area (Å²) >= 11 is 0. The molecule has 0 bridgehead atoms. The van der Waals surface area contributed by atoms with Gasteiger partial charge in [-0.2, -0.15) is 5.10 Å². The molecule has 1 aromatic carbocycles. The number of aromatic nitrogens is 2. The largest absolute Gasteiger partial charge is 0.309 e. The van der Waals surface area contributed by atoms with E-state index in [0.29, 0.717) is 6.04 Å². The maximum Gasteiger partial charge on any atom is 0.0550 e. The molecule has 0 radical (unpaired) electrons. The van der Waals surface area contributed by atoms with Crippen LogP contribution in [0, 0.1) is 6.92 Å². The molecule has 0 saturated carbocycles. The highest BCUT2D eigenvalue weighted by Crippen LogP contribution is 2.18. The van der Waals surface area contributed by atoms with Gasteiger partial charge in [-0.3, -0.25) is 4.68 Å². The van der Waals surface area contributed by atoms with Crippen LogP contribution in [-0.2, 0) is 13.5 Å². The van der Waals surface area contributed by atoms with E-state index in [1.807, 2.05) is 17.9 Å². The minimum atomic E-state index is 0.374. The van der Waals surface area contributed by atoms with Gasteiger partial charge in [0.15, 0.2) is 0 Å². The Morgan fingerprint density at radius 1 is 1.21 bits per heavy atom. The van der Waals surface area contributed by atoms with Gasteiger partial charge in [-0.1, -0.05) is 36.8 Å². The Kier molecular flexibility index (Phi) is 4.74. The lowest BCUT2D eigenvalue weighted by Gasteiger charge is -2.18. The summed E-state index contributed by atoms with van der Waals surface area (Å²) in [5.41, 5.74) is 3.98. The molecule has 1 unspecified atom stereocenters. The molecule has 2 rings (SSSR count). The molecule has 3 heteroatoms. The Labute approximate surface area is 115 Å². The van der Waals surface area contributed by atoms with Crippen molar-refractivity contribution in [2.24, 2.45) is 7.05 Å². The molecule has 0 spiro atoms. The van der Waals surface area contributed by atoms with E-state index in [2.05, 4.69) is 54.6 Å². The second kappa shape index (κ2) is 6.53. The van der Waals surface area contributed by atoms with Gasteiger partial charge in [0.05, 0.1) is 5.69 Å². The monoisotopic (exact) mass is 257 g/mol. The summed E-state index contributed by atoms with van der Waals surface area (Å²) in [6, 6.07) is 11.3. The molecule has 2 aromatic rings. The molecular formula is C16H23N3. The summed E-state index contributed by atoms with van der Waals surface area (Å²) in [5.74, 6) is 0.